The van der Waals surface area contributed by atoms with Gasteiger partial charge in [-0.2, -0.15) is 0 Å². The number of fused-ring (bicyclic) bond motifs is 1. The summed E-state index contributed by atoms with van der Waals surface area (Å²) in [7, 11) is 1.68. The zero-order valence-corrected chi connectivity index (χ0v) is 17.6. The second kappa shape index (κ2) is 9.10. The van der Waals surface area contributed by atoms with Crippen molar-refractivity contribution in [3.8, 4) is 35.7 Å². The van der Waals surface area contributed by atoms with Crippen LogP contribution in [0.5, 0.6) is 11.5 Å². The molecule has 0 fully saturated rings. The molecule has 0 bridgehead atoms. The van der Waals surface area contributed by atoms with Crippen molar-refractivity contribution in [3.05, 3.63) is 63.3 Å². The Labute approximate surface area is 179 Å². The molecule has 1 aromatic carbocycles. The summed E-state index contributed by atoms with van der Waals surface area (Å²) >= 11 is 0. The normalized spacial score (nSPS) is 10.3. The summed E-state index contributed by atoms with van der Waals surface area (Å²) < 4.78 is 14.9. The molecule has 0 unspecified atom stereocenters. The molecule has 0 amide bonds. The van der Waals surface area contributed by atoms with Crippen LogP contribution in [0.15, 0.2) is 40.6 Å². The molecule has 3 aromatic rings. The summed E-state index contributed by atoms with van der Waals surface area (Å²) in [5.74, 6) is 9.75. The molecule has 0 radical (unpaired) electrons. The highest BCUT2D eigenvalue weighted by Crippen LogP contribution is 2.28. The van der Waals surface area contributed by atoms with E-state index in [0.29, 0.717) is 36.0 Å². The van der Waals surface area contributed by atoms with Gasteiger partial charge in [0.05, 0.1) is 19.4 Å². The fraction of sp³-hybridized carbons (Fsp3) is 0.261. The molecule has 3 rings (SSSR count). The first kappa shape index (κ1) is 21.5. The summed E-state index contributed by atoms with van der Waals surface area (Å²) in [5.41, 5.74) is 0.238. The van der Waals surface area contributed by atoms with E-state index in [-0.39, 0.29) is 17.7 Å². The number of rotatable bonds is 6. The van der Waals surface area contributed by atoms with Gasteiger partial charge in [-0.25, -0.2) is 14.3 Å². The van der Waals surface area contributed by atoms with Crippen LogP contribution in [-0.4, -0.2) is 25.3 Å². The van der Waals surface area contributed by atoms with Gasteiger partial charge in [-0.05, 0) is 38.0 Å². The van der Waals surface area contributed by atoms with Crippen LogP contribution in [0.3, 0.4) is 0 Å². The van der Waals surface area contributed by atoms with Crippen LogP contribution >= 0.6 is 0 Å². The maximum atomic E-state index is 12.8. The predicted octanol–water partition coefficient (Wildman–Crippen LogP) is 1.87. The highest BCUT2D eigenvalue weighted by molar-refractivity contribution is 5.72. The Hall–Kier alpha value is -4.17. The number of aromatic nitrogens is 4. The molecular formula is C23H22N4O4. The van der Waals surface area contributed by atoms with Gasteiger partial charge in [0.1, 0.15) is 0 Å². The van der Waals surface area contributed by atoms with Crippen LogP contribution in [0.25, 0.3) is 11.2 Å². The molecule has 0 aliphatic heterocycles. The number of nitrogens with zero attached hydrogens (tertiary/aromatic N) is 4. The van der Waals surface area contributed by atoms with E-state index < -0.39 is 11.2 Å². The molecule has 8 heteroatoms. The average molecular weight is 418 g/mol. The van der Waals surface area contributed by atoms with Gasteiger partial charge in [-0.15, -0.1) is 6.42 Å². The van der Waals surface area contributed by atoms with Crippen LogP contribution < -0.4 is 20.7 Å². The fourth-order valence-corrected chi connectivity index (χ4v) is 3.16. The van der Waals surface area contributed by atoms with Crippen molar-refractivity contribution in [2.45, 2.75) is 26.9 Å². The lowest BCUT2D eigenvalue weighted by atomic mass is 10.2. The minimum Gasteiger partial charge on any atom is -0.490 e. The van der Waals surface area contributed by atoms with E-state index in [0.717, 1.165) is 4.57 Å². The van der Waals surface area contributed by atoms with Crippen molar-refractivity contribution >= 4 is 11.2 Å². The molecule has 0 saturated heterocycles. The monoisotopic (exact) mass is 418 g/mol. The molecule has 31 heavy (non-hydrogen) atoms. The molecule has 158 valence electrons. The third-order valence-electron chi connectivity index (χ3n) is 4.58. The molecule has 0 N–H and O–H groups in total. The second-order valence-corrected chi connectivity index (χ2v) is 6.42. The predicted molar refractivity (Wildman–Crippen MR) is 118 cm³/mol. The number of benzene rings is 1. The topological polar surface area (TPSA) is 80.3 Å². The molecular weight excluding hydrogens is 396 g/mol. The summed E-state index contributed by atoms with van der Waals surface area (Å²) in [6.07, 6.45) is 6.65. The van der Waals surface area contributed by atoms with Crippen molar-refractivity contribution in [3.63, 3.8) is 0 Å². The highest BCUT2D eigenvalue weighted by Gasteiger charge is 2.18. The van der Waals surface area contributed by atoms with E-state index in [1.807, 2.05) is 6.92 Å². The lowest BCUT2D eigenvalue weighted by molar-refractivity contribution is 0.321. The molecule has 2 aromatic heterocycles. The minimum absolute atomic E-state index is 0.112. The maximum absolute atomic E-state index is 12.8. The van der Waals surface area contributed by atoms with Crippen molar-refractivity contribution < 1.29 is 9.47 Å². The minimum atomic E-state index is -0.491. The van der Waals surface area contributed by atoms with Crippen molar-refractivity contribution in [2.24, 2.45) is 7.05 Å². The number of aryl methyl sites for hydroxylation is 2. The zero-order chi connectivity index (χ0) is 22.5. The van der Waals surface area contributed by atoms with Gasteiger partial charge in [-0.1, -0.05) is 18.4 Å². The SMILES string of the molecule is C#CCn1c(=O)c2c(nc(C#Cc3ccc(OC=C)c(OCC)c3)n2C)n(CC)c1=O. The van der Waals surface area contributed by atoms with Gasteiger partial charge >= 0.3 is 5.69 Å². The molecule has 0 aliphatic carbocycles. The number of hydrogen-bond acceptors (Lipinski definition) is 5. The average Bonchev–Trinajstić information content (AvgIpc) is 3.08. The highest BCUT2D eigenvalue weighted by atomic mass is 16.5. The van der Waals surface area contributed by atoms with Gasteiger partial charge in [0.15, 0.2) is 28.5 Å². The zero-order valence-electron chi connectivity index (χ0n) is 17.6. The van der Waals surface area contributed by atoms with Crippen molar-refractivity contribution in [2.75, 3.05) is 6.61 Å². The third-order valence-corrected chi connectivity index (χ3v) is 4.58. The summed E-state index contributed by atoms with van der Waals surface area (Å²) in [6.45, 7) is 7.92. The van der Waals surface area contributed by atoms with E-state index >= 15 is 0 Å². The Balaban J connectivity index is 2.15. The van der Waals surface area contributed by atoms with Crippen LogP contribution in [0.1, 0.15) is 25.2 Å². The number of imidazole rings is 1. The Morgan fingerprint density at radius 1 is 1.19 bits per heavy atom. The van der Waals surface area contributed by atoms with E-state index in [9.17, 15) is 9.59 Å². The maximum Gasteiger partial charge on any atom is 0.333 e. The molecule has 2 heterocycles. The van der Waals surface area contributed by atoms with E-state index in [4.69, 9.17) is 15.9 Å². The van der Waals surface area contributed by atoms with E-state index in [2.05, 4.69) is 29.3 Å². The first-order valence-electron chi connectivity index (χ1n) is 9.66. The number of hydrogen-bond donors (Lipinski definition) is 0. The van der Waals surface area contributed by atoms with Crippen LogP contribution in [0.4, 0.5) is 0 Å². The van der Waals surface area contributed by atoms with Gasteiger partial charge in [0, 0.05) is 19.2 Å². The molecule has 0 aliphatic rings. The van der Waals surface area contributed by atoms with Crippen molar-refractivity contribution in [1.29, 1.82) is 0 Å². The Morgan fingerprint density at radius 3 is 2.61 bits per heavy atom. The van der Waals surface area contributed by atoms with E-state index in [1.165, 1.54) is 10.8 Å². The first-order chi connectivity index (χ1) is 15.0. The van der Waals surface area contributed by atoms with Crippen LogP contribution in [-0.2, 0) is 20.1 Å². The molecule has 0 saturated carbocycles. The first-order valence-corrected chi connectivity index (χ1v) is 9.66. The number of terminal acetylenes is 1. The second-order valence-electron chi connectivity index (χ2n) is 6.42. The lowest BCUT2D eigenvalue weighted by Crippen LogP contribution is -2.40. The molecule has 0 atom stereocenters. The smallest absolute Gasteiger partial charge is 0.333 e. The van der Waals surface area contributed by atoms with Crippen molar-refractivity contribution in [1.82, 2.24) is 18.7 Å². The molecule has 8 nitrogen and oxygen atoms in total. The standard InChI is InChI=1S/C23H22N4O4/c1-6-14-27-22(28)20-21(26(7-2)23(27)29)24-19(25(20)5)13-11-16-10-12-17(30-8-3)18(15-16)31-9-4/h1,8,10,12,15H,3,7,9,14H2,2,4-5H3. The van der Waals surface area contributed by atoms with Crippen LogP contribution in [0, 0.1) is 24.2 Å². The van der Waals surface area contributed by atoms with Gasteiger partial charge in [-0.3, -0.25) is 9.36 Å². The lowest BCUT2D eigenvalue weighted by Gasteiger charge is -2.09. The van der Waals surface area contributed by atoms with Gasteiger partial charge < -0.3 is 14.0 Å². The molecule has 0 spiro atoms. The summed E-state index contributed by atoms with van der Waals surface area (Å²) in [4.78, 5) is 29.9. The Kier molecular flexibility index (Phi) is 6.32. The quantitative estimate of drug-likeness (QED) is 0.451. The summed E-state index contributed by atoms with van der Waals surface area (Å²) in [6, 6.07) is 5.26. The Morgan fingerprint density at radius 2 is 1.97 bits per heavy atom. The number of ether oxygens (including phenoxy) is 2. The largest absolute Gasteiger partial charge is 0.490 e. The summed E-state index contributed by atoms with van der Waals surface area (Å²) in [5, 5.41) is 0. The Bertz CT molecular complexity index is 1370. The fourth-order valence-electron chi connectivity index (χ4n) is 3.16. The van der Waals surface area contributed by atoms with E-state index in [1.54, 1.807) is 36.7 Å². The van der Waals surface area contributed by atoms with Crippen LogP contribution in [0.2, 0.25) is 0 Å². The van der Waals surface area contributed by atoms with Gasteiger partial charge in [0.2, 0.25) is 0 Å². The third kappa shape index (κ3) is 3.96. The van der Waals surface area contributed by atoms with Gasteiger partial charge in [0.25, 0.3) is 5.56 Å².